The van der Waals surface area contributed by atoms with E-state index in [0.717, 1.165) is 28.4 Å². The first-order chi connectivity index (χ1) is 9.74. The van der Waals surface area contributed by atoms with E-state index >= 15 is 0 Å². The summed E-state index contributed by atoms with van der Waals surface area (Å²) in [5.74, 6) is 0.887. The van der Waals surface area contributed by atoms with Gasteiger partial charge in [0.1, 0.15) is 5.75 Å². The quantitative estimate of drug-likeness (QED) is 0.815. The van der Waals surface area contributed by atoms with E-state index < -0.39 is 0 Å². The van der Waals surface area contributed by atoms with Crippen molar-refractivity contribution in [3.8, 4) is 5.75 Å². The number of para-hydroxylation sites is 1. The fourth-order valence-electron chi connectivity index (χ4n) is 2.17. The number of hydrogen-bond acceptors (Lipinski definition) is 2. The Labute approximate surface area is 125 Å². The summed E-state index contributed by atoms with van der Waals surface area (Å²) < 4.78 is 5.64. The van der Waals surface area contributed by atoms with Crippen molar-refractivity contribution < 1.29 is 4.74 Å². The van der Waals surface area contributed by atoms with Crippen LogP contribution < -0.4 is 10.1 Å². The molecule has 0 amide bonds. The summed E-state index contributed by atoms with van der Waals surface area (Å²) in [6, 6.07) is 14.1. The van der Waals surface area contributed by atoms with Crippen LogP contribution >= 0.6 is 11.6 Å². The van der Waals surface area contributed by atoms with Crippen LogP contribution in [0.1, 0.15) is 25.0 Å². The number of halogens is 1. The molecule has 0 bridgehead atoms. The number of ether oxygens (including phenoxy) is 1. The molecule has 0 atom stereocenters. The van der Waals surface area contributed by atoms with Gasteiger partial charge in [0.05, 0.1) is 6.61 Å². The van der Waals surface area contributed by atoms with E-state index in [9.17, 15) is 0 Å². The predicted molar refractivity (Wildman–Crippen MR) is 85.8 cm³/mol. The van der Waals surface area contributed by atoms with E-state index in [-0.39, 0.29) is 0 Å². The maximum absolute atomic E-state index is 6.07. The first-order valence-corrected chi connectivity index (χ1v) is 7.35. The smallest absolute Gasteiger partial charge is 0.124 e. The third-order valence-corrected chi connectivity index (χ3v) is 3.43. The summed E-state index contributed by atoms with van der Waals surface area (Å²) in [5, 5.41) is 4.20. The lowest BCUT2D eigenvalue weighted by molar-refractivity contribution is 0.337. The zero-order valence-corrected chi connectivity index (χ0v) is 12.7. The molecule has 3 heteroatoms. The minimum atomic E-state index is 0.653. The van der Waals surface area contributed by atoms with Gasteiger partial charge in [-0.3, -0.25) is 0 Å². The first-order valence-electron chi connectivity index (χ1n) is 6.97. The van der Waals surface area contributed by atoms with E-state index in [1.54, 1.807) is 0 Å². The predicted octanol–water partition coefficient (Wildman–Crippen LogP) is 4.91. The fourth-order valence-corrected chi connectivity index (χ4v) is 2.37. The van der Waals surface area contributed by atoms with Crippen LogP contribution in [-0.2, 0) is 13.0 Å². The minimum absolute atomic E-state index is 0.653. The van der Waals surface area contributed by atoms with Crippen molar-refractivity contribution in [1.82, 2.24) is 0 Å². The zero-order valence-electron chi connectivity index (χ0n) is 11.9. The van der Waals surface area contributed by atoms with Crippen LogP contribution in [0, 0.1) is 0 Å². The SMILES string of the molecule is CCOc1ccc(Cl)cc1CNc1ccccc1CC. The van der Waals surface area contributed by atoms with Crippen molar-refractivity contribution in [2.45, 2.75) is 26.8 Å². The first kappa shape index (κ1) is 14.7. The van der Waals surface area contributed by atoms with Gasteiger partial charge in [0.25, 0.3) is 0 Å². The van der Waals surface area contributed by atoms with Gasteiger partial charge in [-0.25, -0.2) is 0 Å². The molecule has 106 valence electrons. The van der Waals surface area contributed by atoms with E-state index in [4.69, 9.17) is 16.3 Å². The second kappa shape index (κ2) is 7.20. The van der Waals surface area contributed by atoms with Crippen molar-refractivity contribution in [3.63, 3.8) is 0 Å². The van der Waals surface area contributed by atoms with Crippen molar-refractivity contribution in [2.75, 3.05) is 11.9 Å². The van der Waals surface area contributed by atoms with E-state index in [0.29, 0.717) is 13.2 Å². The summed E-state index contributed by atoms with van der Waals surface area (Å²) in [5.41, 5.74) is 3.55. The van der Waals surface area contributed by atoms with Gasteiger partial charge < -0.3 is 10.1 Å². The van der Waals surface area contributed by atoms with Gasteiger partial charge in [-0.15, -0.1) is 0 Å². The highest BCUT2D eigenvalue weighted by Crippen LogP contribution is 2.25. The number of aryl methyl sites for hydroxylation is 1. The van der Waals surface area contributed by atoms with Crippen molar-refractivity contribution >= 4 is 17.3 Å². The zero-order chi connectivity index (χ0) is 14.4. The Morgan fingerprint density at radius 1 is 1.05 bits per heavy atom. The molecule has 0 heterocycles. The maximum Gasteiger partial charge on any atom is 0.124 e. The molecule has 0 aliphatic carbocycles. The summed E-state index contributed by atoms with van der Waals surface area (Å²) in [6.45, 7) is 5.50. The van der Waals surface area contributed by atoms with Crippen molar-refractivity contribution in [1.29, 1.82) is 0 Å². The van der Waals surface area contributed by atoms with Gasteiger partial charge in [0.15, 0.2) is 0 Å². The molecule has 0 radical (unpaired) electrons. The lowest BCUT2D eigenvalue weighted by Gasteiger charge is -2.14. The van der Waals surface area contributed by atoms with Crippen LogP contribution in [0.3, 0.4) is 0 Å². The van der Waals surface area contributed by atoms with Gasteiger partial charge >= 0.3 is 0 Å². The third kappa shape index (κ3) is 3.67. The molecule has 20 heavy (non-hydrogen) atoms. The number of anilines is 1. The number of nitrogens with one attached hydrogen (secondary N) is 1. The Morgan fingerprint density at radius 2 is 1.85 bits per heavy atom. The molecule has 1 N–H and O–H groups in total. The molecule has 2 rings (SSSR count). The molecular formula is C17H20ClNO. The summed E-state index contributed by atoms with van der Waals surface area (Å²) >= 11 is 6.07. The molecule has 0 fully saturated rings. The Bertz CT molecular complexity index is 569. The van der Waals surface area contributed by atoms with Gasteiger partial charge in [0, 0.05) is 22.8 Å². The van der Waals surface area contributed by atoms with Gasteiger partial charge in [-0.2, -0.15) is 0 Å². The van der Waals surface area contributed by atoms with Gasteiger partial charge in [0.2, 0.25) is 0 Å². The highest BCUT2D eigenvalue weighted by molar-refractivity contribution is 6.30. The van der Waals surface area contributed by atoms with Gasteiger partial charge in [-0.05, 0) is 43.2 Å². The second-order valence-electron chi connectivity index (χ2n) is 4.55. The van der Waals surface area contributed by atoms with Crippen LogP contribution in [0.15, 0.2) is 42.5 Å². The fraction of sp³-hybridized carbons (Fsp3) is 0.294. The molecule has 0 unspecified atom stereocenters. The van der Waals surface area contributed by atoms with E-state index in [2.05, 4.69) is 30.4 Å². The maximum atomic E-state index is 6.07. The van der Waals surface area contributed by atoms with Crippen molar-refractivity contribution in [2.24, 2.45) is 0 Å². The standard InChI is InChI=1S/C17H20ClNO/c1-3-13-7-5-6-8-16(13)19-12-14-11-15(18)9-10-17(14)20-4-2/h5-11,19H,3-4,12H2,1-2H3. The molecule has 2 aromatic carbocycles. The minimum Gasteiger partial charge on any atom is -0.494 e. The summed E-state index contributed by atoms with van der Waals surface area (Å²) in [7, 11) is 0. The topological polar surface area (TPSA) is 21.3 Å². The van der Waals surface area contributed by atoms with Crippen LogP contribution in [-0.4, -0.2) is 6.61 Å². The Balaban J connectivity index is 2.15. The van der Waals surface area contributed by atoms with Crippen molar-refractivity contribution in [3.05, 3.63) is 58.6 Å². The molecule has 0 spiro atoms. The Hall–Kier alpha value is -1.67. The molecule has 0 aliphatic heterocycles. The van der Waals surface area contributed by atoms with Gasteiger partial charge in [-0.1, -0.05) is 36.7 Å². The molecule has 0 aromatic heterocycles. The monoisotopic (exact) mass is 289 g/mol. The highest BCUT2D eigenvalue weighted by atomic mass is 35.5. The molecular weight excluding hydrogens is 270 g/mol. The van der Waals surface area contributed by atoms with Crippen LogP contribution in [0.5, 0.6) is 5.75 Å². The molecule has 0 aliphatic rings. The number of hydrogen-bond donors (Lipinski definition) is 1. The van der Waals surface area contributed by atoms with Crippen LogP contribution in [0.4, 0.5) is 5.69 Å². The average Bonchev–Trinajstić information content (AvgIpc) is 2.48. The molecule has 2 nitrogen and oxygen atoms in total. The molecule has 2 aromatic rings. The largest absolute Gasteiger partial charge is 0.494 e. The molecule has 0 saturated carbocycles. The normalized spacial score (nSPS) is 10.3. The van der Waals surface area contributed by atoms with Crippen LogP contribution in [0.2, 0.25) is 5.02 Å². The summed E-state index contributed by atoms with van der Waals surface area (Å²) in [6.07, 6.45) is 1.01. The lowest BCUT2D eigenvalue weighted by atomic mass is 10.1. The molecule has 0 saturated heterocycles. The van der Waals surface area contributed by atoms with E-state index in [1.165, 1.54) is 5.56 Å². The third-order valence-electron chi connectivity index (χ3n) is 3.19. The summed E-state index contributed by atoms with van der Waals surface area (Å²) in [4.78, 5) is 0. The average molecular weight is 290 g/mol. The number of benzene rings is 2. The highest BCUT2D eigenvalue weighted by Gasteiger charge is 2.06. The lowest BCUT2D eigenvalue weighted by Crippen LogP contribution is -2.05. The Kier molecular flexibility index (Phi) is 5.31. The van der Waals surface area contributed by atoms with E-state index in [1.807, 2.05) is 31.2 Å². The Morgan fingerprint density at radius 3 is 2.60 bits per heavy atom. The number of rotatable bonds is 6. The van der Waals surface area contributed by atoms with Crippen LogP contribution in [0.25, 0.3) is 0 Å². The second-order valence-corrected chi connectivity index (χ2v) is 4.99.